The third-order valence-electron chi connectivity index (χ3n) is 8.29. The van der Waals surface area contributed by atoms with Crippen LogP contribution in [0.1, 0.15) is 88.1 Å². The summed E-state index contributed by atoms with van der Waals surface area (Å²) >= 11 is 0. The van der Waals surface area contributed by atoms with Gasteiger partial charge in [-0.15, -0.1) is 0 Å². The van der Waals surface area contributed by atoms with Crippen molar-refractivity contribution in [1.29, 1.82) is 0 Å². The fourth-order valence-electron chi connectivity index (χ4n) is 5.42. The number of aromatic hydroxyl groups is 3. The molecule has 244 valence electrons. The minimum Gasteiger partial charge on any atom is -0.508 e. The first kappa shape index (κ1) is 35.7. The first-order chi connectivity index (χ1) is 21.5. The Morgan fingerprint density at radius 2 is 0.848 bits per heavy atom. The second-order valence-corrected chi connectivity index (χ2v) is 13.2. The molecule has 0 saturated carbocycles. The minimum absolute atomic E-state index is 0.0399. The molecule has 7 heteroatoms. The number of phenolic OH excluding ortho intramolecular Hbond substituents is 3. The first-order valence-corrected chi connectivity index (χ1v) is 15.4. The van der Waals surface area contributed by atoms with Crippen molar-refractivity contribution < 1.29 is 34.8 Å². The van der Waals surface area contributed by atoms with Gasteiger partial charge in [0.1, 0.15) is 22.8 Å². The van der Waals surface area contributed by atoms with E-state index in [9.17, 15) is 24.9 Å². The lowest BCUT2D eigenvalue weighted by Crippen LogP contribution is -2.28. The van der Waals surface area contributed by atoms with Crippen molar-refractivity contribution in [3.63, 3.8) is 0 Å². The molecule has 0 saturated heterocycles. The number of carboxylic acid groups (broad SMARTS) is 1. The summed E-state index contributed by atoms with van der Waals surface area (Å²) in [5.41, 5.74) is 3.95. The van der Waals surface area contributed by atoms with E-state index in [0.717, 1.165) is 22.3 Å². The van der Waals surface area contributed by atoms with Gasteiger partial charge in [-0.3, -0.25) is 9.59 Å². The predicted molar refractivity (Wildman–Crippen MR) is 180 cm³/mol. The van der Waals surface area contributed by atoms with E-state index in [1.165, 1.54) is 5.56 Å². The molecule has 1 unspecified atom stereocenters. The lowest BCUT2D eigenvalue weighted by atomic mass is 9.73. The fourth-order valence-corrected chi connectivity index (χ4v) is 5.42. The molecule has 0 fully saturated rings. The van der Waals surface area contributed by atoms with Gasteiger partial charge in [-0.1, -0.05) is 80.1 Å². The van der Waals surface area contributed by atoms with Gasteiger partial charge in [0.25, 0.3) is 0 Å². The number of rotatable bonds is 10. The zero-order valence-corrected chi connectivity index (χ0v) is 27.6. The molecule has 0 aliphatic carbocycles. The van der Waals surface area contributed by atoms with Crippen LogP contribution in [0.15, 0.2) is 97.1 Å². The molecule has 0 spiro atoms. The summed E-state index contributed by atoms with van der Waals surface area (Å²) < 4.78 is 5.46. The number of ether oxygens (including phenoxy) is 1. The molecule has 0 aliphatic heterocycles. The van der Waals surface area contributed by atoms with Gasteiger partial charge < -0.3 is 25.2 Å². The molecule has 4 rings (SSSR count). The Morgan fingerprint density at radius 1 is 0.543 bits per heavy atom. The number of carbonyl (C=O) groups is 2. The second-order valence-electron chi connectivity index (χ2n) is 13.2. The Balaban J connectivity index is 0.000000254. The van der Waals surface area contributed by atoms with Crippen LogP contribution in [-0.2, 0) is 25.2 Å². The Hall–Kier alpha value is -4.78. The molecule has 0 heterocycles. The maximum atomic E-state index is 12.2. The molecule has 0 aliphatic rings. The highest BCUT2D eigenvalue weighted by Gasteiger charge is 2.31. The smallest absolute Gasteiger partial charge is 0.306 e. The third kappa shape index (κ3) is 9.86. The van der Waals surface area contributed by atoms with Crippen molar-refractivity contribution in [2.75, 3.05) is 0 Å². The summed E-state index contributed by atoms with van der Waals surface area (Å²) in [6.07, 6.45) is 1.44. The largest absolute Gasteiger partial charge is 0.508 e. The van der Waals surface area contributed by atoms with Gasteiger partial charge >= 0.3 is 11.9 Å². The highest BCUT2D eigenvalue weighted by molar-refractivity contribution is 5.70. The van der Waals surface area contributed by atoms with Gasteiger partial charge in [0.15, 0.2) is 0 Å². The number of benzene rings is 4. The monoisotopic (exact) mass is 626 g/mol. The highest BCUT2D eigenvalue weighted by Crippen LogP contribution is 2.39. The molecule has 46 heavy (non-hydrogen) atoms. The Kier molecular flexibility index (Phi) is 11.6. The van der Waals surface area contributed by atoms with E-state index in [1.54, 1.807) is 60.7 Å². The van der Waals surface area contributed by atoms with Crippen LogP contribution in [-0.4, -0.2) is 38.0 Å². The average Bonchev–Trinajstić information content (AvgIpc) is 2.99. The Morgan fingerprint density at radius 3 is 1.15 bits per heavy atom. The van der Waals surface area contributed by atoms with Gasteiger partial charge in [0.05, 0.1) is 0 Å². The number of esters is 1. The molecular formula is C39H46O7. The van der Waals surface area contributed by atoms with Gasteiger partial charge in [0.2, 0.25) is 0 Å². The van der Waals surface area contributed by atoms with E-state index in [1.807, 2.05) is 39.8 Å². The predicted octanol–water partition coefficient (Wildman–Crippen LogP) is 8.40. The van der Waals surface area contributed by atoms with Crippen molar-refractivity contribution in [2.24, 2.45) is 0 Å². The molecule has 4 aromatic rings. The maximum absolute atomic E-state index is 12.2. The summed E-state index contributed by atoms with van der Waals surface area (Å²) in [4.78, 5) is 23.2. The van der Waals surface area contributed by atoms with Gasteiger partial charge in [-0.05, 0) is 99.2 Å². The second kappa shape index (κ2) is 15.0. The van der Waals surface area contributed by atoms with Crippen LogP contribution in [0, 0.1) is 6.92 Å². The van der Waals surface area contributed by atoms with Gasteiger partial charge in [-0.25, -0.2) is 0 Å². The van der Waals surface area contributed by atoms with E-state index in [4.69, 9.17) is 9.84 Å². The minimum atomic E-state index is -0.848. The number of aliphatic carboxylic acids is 1. The molecule has 0 bridgehead atoms. The molecule has 4 aromatic carbocycles. The van der Waals surface area contributed by atoms with Crippen LogP contribution >= 0.6 is 0 Å². The summed E-state index contributed by atoms with van der Waals surface area (Å²) in [7, 11) is 0. The van der Waals surface area contributed by atoms with Crippen LogP contribution in [0.25, 0.3) is 0 Å². The fraction of sp³-hybridized carbons (Fsp3) is 0.333. The first-order valence-electron chi connectivity index (χ1n) is 15.4. The quantitative estimate of drug-likeness (QED) is 0.130. The van der Waals surface area contributed by atoms with Crippen molar-refractivity contribution >= 4 is 11.9 Å². The topological polar surface area (TPSA) is 124 Å². The number of carboxylic acids is 1. The lowest BCUT2D eigenvalue weighted by Gasteiger charge is -2.31. The molecule has 7 nitrogen and oxygen atoms in total. The van der Waals surface area contributed by atoms with Crippen molar-refractivity contribution in [3.05, 3.63) is 125 Å². The van der Waals surface area contributed by atoms with Gasteiger partial charge in [0, 0.05) is 23.7 Å². The van der Waals surface area contributed by atoms with Crippen LogP contribution in [0.4, 0.5) is 0 Å². The lowest BCUT2D eigenvalue weighted by molar-refractivity contribution is -0.155. The van der Waals surface area contributed by atoms with E-state index in [0.29, 0.717) is 19.3 Å². The van der Waals surface area contributed by atoms with Crippen molar-refractivity contribution in [1.82, 2.24) is 0 Å². The third-order valence-corrected chi connectivity index (χ3v) is 8.29. The van der Waals surface area contributed by atoms with Crippen molar-refractivity contribution in [3.8, 4) is 17.2 Å². The van der Waals surface area contributed by atoms with Crippen LogP contribution < -0.4 is 0 Å². The Bertz CT molecular complexity index is 1470. The maximum Gasteiger partial charge on any atom is 0.306 e. The molecule has 1 atom stereocenters. The average molecular weight is 627 g/mol. The zero-order chi connectivity index (χ0) is 34.1. The standard InChI is InChI=1S/C22H28O3.C17H18O4/c1-16-6-8-17(9-7-16)22(5,18-10-12-19(23)13-11-18)15-14-20(24)25-21(2,3)4;1-17(11-10-16(20)21,12-2-6-14(18)7-3-12)13-4-8-15(19)9-5-13/h6-13,23H,14-15H2,1-5H3;2-9,18-19H,10-11H2,1H3,(H,20,21). The SMILES string of the molecule is CC(CCC(=O)O)(c1ccc(O)cc1)c1ccc(O)cc1.Cc1ccc(C(C)(CCC(=O)OC(C)(C)C)c2ccc(O)cc2)cc1. The van der Waals surface area contributed by atoms with Crippen molar-refractivity contribution in [2.45, 2.75) is 83.7 Å². The number of phenols is 3. The number of hydrogen-bond acceptors (Lipinski definition) is 6. The molecule has 4 N–H and O–H groups in total. The number of hydrogen-bond donors (Lipinski definition) is 4. The molecule has 0 amide bonds. The molecular weight excluding hydrogens is 580 g/mol. The molecule has 0 radical (unpaired) electrons. The van der Waals surface area contributed by atoms with Crippen LogP contribution in [0.3, 0.4) is 0 Å². The van der Waals surface area contributed by atoms with E-state index < -0.39 is 17.0 Å². The summed E-state index contributed by atoms with van der Waals surface area (Å²) in [6, 6.07) is 29.2. The van der Waals surface area contributed by atoms with E-state index in [-0.39, 0.29) is 35.1 Å². The summed E-state index contributed by atoms with van der Waals surface area (Å²) in [5.74, 6) is -0.458. The van der Waals surface area contributed by atoms with Crippen LogP contribution in [0.5, 0.6) is 17.2 Å². The normalized spacial score (nSPS) is 12.7. The number of aryl methyl sites for hydroxylation is 1. The molecule has 0 aromatic heterocycles. The van der Waals surface area contributed by atoms with Gasteiger partial charge in [-0.2, -0.15) is 0 Å². The van der Waals surface area contributed by atoms with E-state index in [2.05, 4.69) is 38.1 Å². The summed E-state index contributed by atoms with van der Waals surface area (Å²) in [6.45, 7) is 11.8. The van der Waals surface area contributed by atoms with E-state index >= 15 is 0 Å². The Labute approximate surface area is 272 Å². The zero-order valence-electron chi connectivity index (χ0n) is 27.6. The number of carbonyl (C=O) groups excluding carboxylic acids is 1. The van der Waals surface area contributed by atoms with Crippen LogP contribution in [0.2, 0.25) is 0 Å². The summed E-state index contributed by atoms with van der Waals surface area (Å²) in [5, 5.41) is 37.4. The highest BCUT2D eigenvalue weighted by atomic mass is 16.6.